The summed E-state index contributed by atoms with van der Waals surface area (Å²) in [6.07, 6.45) is 12.4. The molecule has 128 valence electrons. The summed E-state index contributed by atoms with van der Waals surface area (Å²) in [6, 6.07) is 4.00. The molecule has 4 rings (SSSR count). The first-order valence-corrected chi connectivity index (χ1v) is 9.90. The predicted octanol–water partition coefficient (Wildman–Crippen LogP) is 6.65. The SMILES string of the molecule is Cc1cc2c(cc1F)C1CCC(C3CCC(C)CC3)CC1CC2.[HH]. The molecule has 2 saturated carbocycles. The maximum atomic E-state index is 14.1. The Morgan fingerprint density at radius 2 is 1.65 bits per heavy atom. The highest BCUT2D eigenvalue weighted by Crippen LogP contribution is 2.50. The highest BCUT2D eigenvalue weighted by molar-refractivity contribution is 5.38. The molecule has 3 unspecified atom stereocenters. The monoisotopic (exact) mass is 316 g/mol. The molecule has 0 radical (unpaired) electrons. The molecular formula is C22H33F. The van der Waals surface area contributed by atoms with Crippen LogP contribution in [-0.2, 0) is 6.42 Å². The fourth-order valence-corrected chi connectivity index (χ4v) is 5.87. The van der Waals surface area contributed by atoms with E-state index in [9.17, 15) is 4.39 Å². The van der Waals surface area contributed by atoms with E-state index in [-0.39, 0.29) is 7.24 Å². The minimum Gasteiger partial charge on any atom is -0.207 e. The van der Waals surface area contributed by atoms with Crippen LogP contribution in [-0.4, -0.2) is 0 Å². The molecule has 23 heavy (non-hydrogen) atoms. The van der Waals surface area contributed by atoms with Gasteiger partial charge in [-0.1, -0.05) is 25.8 Å². The van der Waals surface area contributed by atoms with Crippen molar-refractivity contribution in [3.05, 3.63) is 34.6 Å². The molecule has 0 nitrogen and oxygen atoms in total. The van der Waals surface area contributed by atoms with Crippen molar-refractivity contribution in [2.75, 3.05) is 0 Å². The van der Waals surface area contributed by atoms with E-state index in [1.165, 1.54) is 68.9 Å². The zero-order valence-corrected chi connectivity index (χ0v) is 14.8. The molecule has 0 aliphatic heterocycles. The number of halogens is 1. The van der Waals surface area contributed by atoms with E-state index in [1.54, 1.807) is 0 Å². The van der Waals surface area contributed by atoms with Gasteiger partial charge in [0.1, 0.15) is 5.82 Å². The lowest BCUT2D eigenvalue weighted by atomic mass is 9.61. The Balaban J connectivity index is 0.00000169. The Hall–Kier alpha value is -0.850. The molecule has 0 bridgehead atoms. The summed E-state index contributed by atoms with van der Waals surface area (Å²) >= 11 is 0. The van der Waals surface area contributed by atoms with E-state index in [0.717, 1.165) is 29.2 Å². The molecule has 2 fully saturated rings. The van der Waals surface area contributed by atoms with Crippen LogP contribution < -0.4 is 0 Å². The molecule has 3 atom stereocenters. The first-order chi connectivity index (χ1) is 11.1. The Morgan fingerprint density at radius 3 is 2.43 bits per heavy atom. The summed E-state index contributed by atoms with van der Waals surface area (Å²) < 4.78 is 14.1. The van der Waals surface area contributed by atoms with Gasteiger partial charge in [-0.15, -0.1) is 0 Å². The molecule has 0 aromatic heterocycles. The van der Waals surface area contributed by atoms with Crippen molar-refractivity contribution in [2.45, 2.75) is 77.6 Å². The average molecular weight is 317 g/mol. The van der Waals surface area contributed by atoms with Gasteiger partial charge in [0.15, 0.2) is 0 Å². The van der Waals surface area contributed by atoms with Crippen molar-refractivity contribution in [1.82, 2.24) is 0 Å². The van der Waals surface area contributed by atoms with Gasteiger partial charge in [0, 0.05) is 1.43 Å². The van der Waals surface area contributed by atoms with Crippen LogP contribution in [0.15, 0.2) is 12.1 Å². The second-order valence-electron chi connectivity index (χ2n) is 8.80. The van der Waals surface area contributed by atoms with E-state index in [4.69, 9.17) is 0 Å². The first kappa shape index (κ1) is 15.7. The van der Waals surface area contributed by atoms with Crippen LogP contribution in [0.25, 0.3) is 0 Å². The number of benzene rings is 1. The van der Waals surface area contributed by atoms with Gasteiger partial charge >= 0.3 is 0 Å². The molecule has 3 aliphatic carbocycles. The minimum atomic E-state index is 0. The van der Waals surface area contributed by atoms with E-state index in [0.29, 0.717) is 5.92 Å². The molecule has 0 spiro atoms. The van der Waals surface area contributed by atoms with E-state index >= 15 is 0 Å². The predicted molar refractivity (Wildman–Crippen MR) is 96.3 cm³/mol. The number of aryl methyl sites for hydroxylation is 2. The van der Waals surface area contributed by atoms with Crippen molar-refractivity contribution in [2.24, 2.45) is 23.7 Å². The molecule has 0 amide bonds. The van der Waals surface area contributed by atoms with Gasteiger partial charge in [0.05, 0.1) is 0 Å². The maximum absolute atomic E-state index is 14.1. The summed E-state index contributed by atoms with van der Waals surface area (Å²) in [5.74, 6) is 4.38. The molecule has 0 N–H and O–H groups in total. The van der Waals surface area contributed by atoms with Crippen molar-refractivity contribution in [3.63, 3.8) is 0 Å². The van der Waals surface area contributed by atoms with Gasteiger partial charge in [0.25, 0.3) is 0 Å². The molecule has 1 heteroatoms. The van der Waals surface area contributed by atoms with Gasteiger partial charge in [0.2, 0.25) is 0 Å². The van der Waals surface area contributed by atoms with Gasteiger partial charge in [-0.25, -0.2) is 4.39 Å². The summed E-state index contributed by atoms with van der Waals surface area (Å²) in [5.41, 5.74) is 3.63. The summed E-state index contributed by atoms with van der Waals surface area (Å²) in [6.45, 7) is 4.32. The topological polar surface area (TPSA) is 0 Å². The maximum Gasteiger partial charge on any atom is 0.126 e. The van der Waals surface area contributed by atoms with Crippen LogP contribution in [0, 0.1) is 36.4 Å². The number of hydrogen-bond acceptors (Lipinski definition) is 0. The lowest BCUT2D eigenvalue weighted by molar-refractivity contribution is 0.122. The standard InChI is InChI=1S/C22H31F.H2/c1-14-3-5-16(6-4-14)17-9-10-20-19(12-17)8-7-18-11-15(2)22(23)13-21(18)20;/h11,13-14,16-17,19-20H,3-10,12H2,1-2H3;1H. The number of rotatable bonds is 1. The number of fused-ring (bicyclic) bond motifs is 3. The van der Waals surface area contributed by atoms with Gasteiger partial charge < -0.3 is 0 Å². The quantitative estimate of drug-likeness (QED) is 0.544. The highest BCUT2D eigenvalue weighted by Gasteiger charge is 2.38. The lowest BCUT2D eigenvalue weighted by Gasteiger charge is -2.44. The van der Waals surface area contributed by atoms with Crippen LogP contribution in [0.5, 0.6) is 0 Å². The zero-order chi connectivity index (χ0) is 16.0. The van der Waals surface area contributed by atoms with E-state index in [1.807, 2.05) is 13.0 Å². The van der Waals surface area contributed by atoms with Crippen LogP contribution in [0.4, 0.5) is 4.39 Å². The van der Waals surface area contributed by atoms with Crippen molar-refractivity contribution in [3.8, 4) is 0 Å². The molecule has 1 aromatic carbocycles. The van der Waals surface area contributed by atoms with Gasteiger partial charge in [-0.05, 0) is 104 Å². The van der Waals surface area contributed by atoms with Gasteiger partial charge in [-0.3, -0.25) is 0 Å². The van der Waals surface area contributed by atoms with Crippen molar-refractivity contribution < 1.29 is 5.82 Å². The first-order valence-electron chi connectivity index (χ1n) is 9.90. The molecule has 3 aliphatic rings. The Kier molecular flexibility index (Phi) is 4.24. The summed E-state index contributed by atoms with van der Waals surface area (Å²) in [7, 11) is 0. The summed E-state index contributed by atoms with van der Waals surface area (Å²) in [5, 5.41) is 0. The fourth-order valence-electron chi connectivity index (χ4n) is 5.87. The van der Waals surface area contributed by atoms with Crippen molar-refractivity contribution in [1.29, 1.82) is 0 Å². The van der Waals surface area contributed by atoms with E-state index < -0.39 is 0 Å². The van der Waals surface area contributed by atoms with Gasteiger partial charge in [-0.2, -0.15) is 0 Å². The Morgan fingerprint density at radius 1 is 0.913 bits per heavy atom. The number of hydrogen-bond donors (Lipinski definition) is 0. The normalized spacial score (nSPS) is 37.1. The zero-order valence-electron chi connectivity index (χ0n) is 14.8. The third-order valence-electron chi connectivity index (χ3n) is 7.35. The molecule has 0 saturated heterocycles. The van der Waals surface area contributed by atoms with Crippen LogP contribution >= 0.6 is 0 Å². The second-order valence-corrected chi connectivity index (χ2v) is 8.80. The molecule has 1 aromatic rings. The lowest BCUT2D eigenvalue weighted by Crippen LogP contribution is -2.32. The fraction of sp³-hybridized carbons (Fsp3) is 0.727. The summed E-state index contributed by atoms with van der Waals surface area (Å²) in [4.78, 5) is 0. The third kappa shape index (κ3) is 2.96. The van der Waals surface area contributed by atoms with Crippen LogP contribution in [0.3, 0.4) is 0 Å². The second kappa shape index (κ2) is 6.22. The van der Waals surface area contributed by atoms with Crippen LogP contribution in [0.2, 0.25) is 0 Å². The molecule has 0 heterocycles. The van der Waals surface area contributed by atoms with Crippen LogP contribution in [0.1, 0.15) is 82.3 Å². The third-order valence-corrected chi connectivity index (χ3v) is 7.35. The average Bonchev–Trinajstić information content (AvgIpc) is 2.56. The largest absolute Gasteiger partial charge is 0.207 e. The molecular weight excluding hydrogens is 283 g/mol. The van der Waals surface area contributed by atoms with Crippen molar-refractivity contribution >= 4 is 0 Å². The smallest absolute Gasteiger partial charge is 0.126 e. The minimum absolute atomic E-state index is 0. The Bertz CT molecular complexity index is 574. The Labute approximate surface area is 142 Å². The van der Waals surface area contributed by atoms with E-state index in [2.05, 4.69) is 13.0 Å². The highest BCUT2D eigenvalue weighted by atomic mass is 19.1.